The second-order valence-corrected chi connectivity index (χ2v) is 20.2. The third kappa shape index (κ3) is 14.4. The molecule has 6 aromatic carbocycles. The van der Waals surface area contributed by atoms with Gasteiger partial charge in [-0.25, -0.2) is 18.4 Å². The minimum atomic E-state index is -0.904. The number of amides is 2. The number of carbonyl (C=O) groups is 4. The summed E-state index contributed by atoms with van der Waals surface area (Å²) in [7, 11) is 0. The molecule has 0 saturated carbocycles. The van der Waals surface area contributed by atoms with E-state index < -0.39 is 60.5 Å². The van der Waals surface area contributed by atoms with Crippen LogP contribution in [0, 0.1) is 11.6 Å². The number of hydrogen-bond donors (Lipinski definition) is 0. The van der Waals surface area contributed by atoms with Crippen molar-refractivity contribution in [3.8, 4) is 0 Å². The van der Waals surface area contributed by atoms with E-state index in [-0.39, 0.29) is 49.5 Å². The van der Waals surface area contributed by atoms with Gasteiger partial charge in [0, 0.05) is 32.9 Å². The predicted molar refractivity (Wildman–Crippen MR) is 291 cm³/mol. The second kappa shape index (κ2) is 27.5. The van der Waals surface area contributed by atoms with Gasteiger partial charge in [0.1, 0.15) is 48.1 Å². The van der Waals surface area contributed by atoms with Crippen molar-refractivity contribution in [1.29, 1.82) is 0 Å². The molecule has 0 aromatic heterocycles. The molecule has 8 rings (SSSR count). The van der Waals surface area contributed by atoms with Crippen molar-refractivity contribution in [2.24, 2.45) is 0 Å². The molecule has 0 bridgehead atoms. The Hall–Kier alpha value is -5.86. The first-order valence-corrected chi connectivity index (χ1v) is 26.9. The third-order valence-corrected chi connectivity index (χ3v) is 14.3. The quantitative estimate of drug-likeness (QED) is 0.0783. The SMILES string of the molecule is CCC[C@@H](C(=O)OCC)N1C(=O)[C@@H](Cc2ccc(F)cc2)O[C@H](c2ccc(Cl)cc2)[C@@H]1c1ccc(Cl)cc1.CCC[C@H](C(=O)OCC)N1C(=O)[C@H](Cc2ccc(F)cc2)O[C@@H](c2ccc(Cl)cc2)[C@H]1c1ccc(Cl)cc1. The molecule has 8 atom stereocenters. The van der Waals surface area contributed by atoms with Crippen molar-refractivity contribution < 1.29 is 46.9 Å². The van der Waals surface area contributed by atoms with Crippen LogP contribution in [0.15, 0.2) is 146 Å². The molecular formula is C60H60Cl4F2N2O8. The number of nitrogens with zero attached hydrogens (tertiary/aromatic N) is 2. The average molecular weight is 1120 g/mol. The lowest BCUT2D eigenvalue weighted by atomic mass is 9.88. The van der Waals surface area contributed by atoms with Crippen LogP contribution in [0.1, 0.15) is 111 Å². The number of esters is 2. The Morgan fingerprint density at radius 3 is 1.04 bits per heavy atom. The summed E-state index contributed by atoms with van der Waals surface area (Å²) in [5.41, 5.74) is 4.63. The second-order valence-electron chi connectivity index (χ2n) is 18.5. The molecule has 2 heterocycles. The lowest BCUT2D eigenvalue weighted by molar-refractivity contribution is -0.186. The summed E-state index contributed by atoms with van der Waals surface area (Å²) >= 11 is 24.7. The van der Waals surface area contributed by atoms with Crippen LogP contribution in [0.2, 0.25) is 20.1 Å². The van der Waals surface area contributed by atoms with Crippen LogP contribution in [0.3, 0.4) is 0 Å². The lowest BCUT2D eigenvalue weighted by Gasteiger charge is -2.47. The minimum Gasteiger partial charge on any atom is -0.464 e. The highest BCUT2D eigenvalue weighted by Crippen LogP contribution is 2.47. The van der Waals surface area contributed by atoms with Gasteiger partial charge in [-0.15, -0.1) is 0 Å². The van der Waals surface area contributed by atoms with Crippen LogP contribution >= 0.6 is 46.4 Å². The molecule has 2 aliphatic heterocycles. The van der Waals surface area contributed by atoms with E-state index in [1.165, 1.54) is 24.3 Å². The Balaban J connectivity index is 0.000000221. The number of morpholine rings is 2. The summed E-state index contributed by atoms with van der Waals surface area (Å²) in [4.78, 5) is 58.1. The number of halogens is 6. The number of carbonyl (C=O) groups excluding carboxylic acids is 4. The molecule has 10 nitrogen and oxygen atoms in total. The molecule has 0 N–H and O–H groups in total. The Labute approximate surface area is 463 Å². The molecule has 0 unspecified atom stereocenters. The molecule has 2 saturated heterocycles. The molecule has 0 radical (unpaired) electrons. The van der Waals surface area contributed by atoms with Gasteiger partial charge in [0.15, 0.2) is 0 Å². The zero-order valence-electron chi connectivity index (χ0n) is 42.6. The zero-order chi connectivity index (χ0) is 54.5. The first kappa shape index (κ1) is 57.8. The molecule has 0 aliphatic carbocycles. The molecule has 2 aliphatic rings. The summed E-state index contributed by atoms with van der Waals surface area (Å²) < 4.78 is 51.1. The van der Waals surface area contributed by atoms with Crippen molar-refractivity contribution in [2.45, 2.75) is 115 Å². The van der Waals surface area contributed by atoms with E-state index >= 15 is 0 Å². The fourth-order valence-electron chi connectivity index (χ4n) is 9.73. The van der Waals surface area contributed by atoms with E-state index in [0.29, 0.717) is 45.8 Å². The van der Waals surface area contributed by atoms with Gasteiger partial charge in [0.2, 0.25) is 0 Å². The number of rotatable bonds is 18. The first-order valence-electron chi connectivity index (χ1n) is 25.4. The molecular weight excluding hydrogens is 1060 g/mol. The van der Waals surface area contributed by atoms with Crippen LogP contribution in [0.25, 0.3) is 0 Å². The Morgan fingerprint density at radius 2 is 0.763 bits per heavy atom. The summed E-state index contributed by atoms with van der Waals surface area (Å²) in [6.45, 7) is 7.80. The molecule has 400 valence electrons. The zero-order valence-corrected chi connectivity index (χ0v) is 45.6. The van der Waals surface area contributed by atoms with Gasteiger partial charge in [0.05, 0.1) is 25.3 Å². The van der Waals surface area contributed by atoms with E-state index in [2.05, 4.69) is 0 Å². The van der Waals surface area contributed by atoms with Crippen molar-refractivity contribution >= 4 is 70.2 Å². The summed E-state index contributed by atoms with van der Waals surface area (Å²) in [5.74, 6) is -2.30. The lowest BCUT2D eigenvalue weighted by Crippen LogP contribution is -2.57. The summed E-state index contributed by atoms with van der Waals surface area (Å²) in [6, 6.07) is 37.9. The maximum atomic E-state index is 14.2. The van der Waals surface area contributed by atoms with E-state index in [1.807, 2.05) is 62.4 Å². The topological polar surface area (TPSA) is 112 Å². The number of ether oxygens (including phenoxy) is 4. The molecule has 16 heteroatoms. The summed E-state index contributed by atoms with van der Waals surface area (Å²) in [6.07, 6.45) is -0.446. The average Bonchev–Trinajstić information content (AvgIpc) is 3.44. The first-order chi connectivity index (χ1) is 36.6. The highest BCUT2D eigenvalue weighted by Gasteiger charge is 2.50. The monoisotopic (exact) mass is 1110 g/mol. The van der Waals surface area contributed by atoms with Gasteiger partial charge in [-0.2, -0.15) is 0 Å². The van der Waals surface area contributed by atoms with Crippen molar-refractivity contribution in [1.82, 2.24) is 9.80 Å². The summed E-state index contributed by atoms with van der Waals surface area (Å²) in [5, 5.41) is 2.24. The molecule has 2 fully saturated rings. The molecule has 6 aromatic rings. The van der Waals surface area contributed by atoms with Crippen molar-refractivity contribution in [3.63, 3.8) is 0 Å². The normalized spacial score (nSPS) is 20.3. The van der Waals surface area contributed by atoms with Gasteiger partial charge in [-0.3, -0.25) is 9.59 Å². The highest BCUT2D eigenvalue weighted by atomic mass is 35.5. The maximum absolute atomic E-state index is 14.2. The van der Waals surface area contributed by atoms with Gasteiger partial charge in [-0.05, 0) is 133 Å². The van der Waals surface area contributed by atoms with Crippen LogP contribution in [-0.2, 0) is 51.0 Å². The van der Waals surface area contributed by atoms with E-state index in [9.17, 15) is 28.0 Å². The van der Waals surface area contributed by atoms with E-state index in [4.69, 9.17) is 65.4 Å². The fourth-order valence-corrected chi connectivity index (χ4v) is 10.2. The molecule has 76 heavy (non-hydrogen) atoms. The van der Waals surface area contributed by atoms with E-state index in [0.717, 1.165) is 33.4 Å². The molecule has 0 spiro atoms. The fraction of sp³-hybridized carbons (Fsp3) is 0.333. The molecule has 2 amide bonds. The maximum Gasteiger partial charge on any atom is 0.328 e. The van der Waals surface area contributed by atoms with Gasteiger partial charge >= 0.3 is 11.9 Å². The third-order valence-electron chi connectivity index (χ3n) is 13.3. The smallest absolute Gasteiger partial charge is 0.328 e. The van der Waals surface area contributed by atoms with Crippen LogP contribution < -0.4 is 0 Å². The van der Waals surface area contributed by atoms with Crippen molar-refractivity contribution in [2.75, 3.05) is 13.2 Å². The Kier molecular flexibility index (Phi) is 20.9. The van der Waals surface area contributed by atoms with Crippen LogP contribution in [0.5, 0.6) is 0 Å². The van der Waals surface area contributed by atoms with Crippen LogP contribution in [-0.4, -0.2) is 71.1 Å². The standard InChI is InChI=1S/2C30H30Cl2FNO4/c2*1-3-5-25(30(36)37-4-2)34-27(20-8-12-22(31)13-9-20)28(21-10-14-23(32)15-11-21)38-26(29(34)35)18-19-6-16-24(33)17-7-19/h2*6-17,25-28H,3-5,18H2,1-2H3/t2*25-,26+,27-,28+/m10/s1. The highest BCUT2D eigenvalue weighted by molar-refractivity contribution is 6.31. The Bertz CT molecular complexity index is 2670. The van der Waals surface area contributed by atoms with Gasteiger partial charge in [-0.1, -0.05) is 146 Å². The van der Waals surface area contributed by atoms with Gasteiger partial charge < -0.3 is 28.7 Å². The van der Waals surface area contributed by atoms with Gasteiger partial charge in [0.25, 0.3) is 11.8 Å². The Morgan fingerprint density at radius 1 is 0.474 bits per heavy atom. The predicted octanol–water partition coefficient (Wildman–Crippen LogP) is 14.2. The number of benzene rings is 6. The van der Waals surface area contributed by atoms with Crippen molar-refractivity contribution in [3.05, 3.63) is 211 Å². The van der Waals surface area contributed by atoms with E-state index in [1.54, 1.807) is 96.4 Å². The minimum absolute atomic E-state index is 0.197. The number of hydrogen-bond acceptors (Lipinski definition) is 8. The largest absolute Gasteiger partial charge is 0.464 e. The van der Waals surface area contributed by atoms with Crippen LogP contribution in [0.4, 0.5) is 8.78 Å².